The number of esters is 2. The molecule has 1 spiro atoms. The highest BCUT2D eigenvalue weighted by molar-refractivity contribution is 5.89. The van der Waals surface area contributed by atoms with Crippen LogP contribution in [0.3, 0.4) is 0 Å². The molecule has 1 aliphatic heterocycles. The van der Waals surface area contributed by atoms with E-state index < -0.39 is 106 Å². The van der Waals surface area contributed by atoms with E-state index in [4.69, 9.17) is 28.4 Å². The summed E-state index contributed by atoms with van der Waals surface area (Å²) in [5.74, 6) is -4.34. The molecule has 13 heteroatoms. The first kappa shape index (κ1) is 33.3. The van der Waals surface area contributed by atoms with Gasteiger partial charge in [-0.05, 0) is 18.7 Å². The van der Waals surface area contributed by atoms with Crippen LogP contribution in [0.4, 0.5) is 0 Å². The maximum Gasteiger partial charge on any atom is 0.338 e. The average molecular weight is 662 g/mol. The minimum Gasteiger partial charge on any atom is -0.455 e. The number of carbonyl (C=O) groups is 2. The van der Waals surface area contributed by atoms with Gasteiger partial charge in [0.15, 0.2) is 5.60 Å². The van der Waals surface area contributed by atoms with Crippen molar-refractivity contribution >= 4 is 11.9 Å². The van der Waals surface area contributed by atoms with Crippen LogP contribution in [0, 0.1) is 28.6 Å². The highest BCUT2D eigenvalue weighted by Crippen LogP contribution is 2.81. The summed E-state index contributed by atoms with van der Waals surface area (Å²) >= 11 is 0. The molecule has 5 saturated carbocycles. The predicted molar refractivity (Wildman–Crippen MR) is 162 cm³/mol. The van der Waals surface area contributed by atoms with E-state index in [1.54, 1.807) is 37.4 Å². The first-order valence-corrected chi connectivity index (χ1v) is 16.4. The Kier molecular flexibility index (Phi) is 7.72. The van der Waals surface area contributed by atoms with E-state index >= 15 is 0 Å². The van der Waals surface area contributed by atoms with Crippen LogP contribution < -0.4 is 0 Å². The molecule has 1 heterocycles. The molecule has 1 aromatic rings. The molecule has 6 aliphatic rings. The Morgan fingerprint density at radius 3 is 2.26 bits per heavy atom. The zero-order valence-corrected chi connectivity index (χ0v) is 27.7. The molecule has 260 valence electrons. The van der Waals surface area contributed by atoms with Gasteiger partial charge in [-0.2, -0.15) is 0 Å². The fourth-order valence-electron chi connectivity index (χ4n) is 12.3. The van der Waals surface area contributed by atoms with Gasteiger partial charge >= 0.3 is 11.9 Å². The number of hydrogen-bond acceptors (Lipinski definition) is 13. The molecule has 0 amide bonds. The minimum atomic E-state index is -2.12. The molecule has 13 nitrogen and oxygen atoms in total. The fourth-order valence-corrected chi connectivity index (χ4v) is 12.3. The lowest BCUT2D eigenvalue weighted by Gasteiger charge is -2.72. The molecular formula is C34H47NO12. The van der Waals surface area contributed by atoms with Crippen LogP contribution in [-0.4, -0.2) is 145 Å². The van der Waals surface area contributed by atoms with Gasteiger partial charge in [-0.25, -0.2) is 4.79 Å². The number of aliphatic hydroxyl groups excluding tert-OH is 2. The van der Waals surface area contributed by atoms with Crippen LogP contribution in [0.1, 0.15) is 37.0 Å². The molecule has 1 saturated heterocycles. The summed E-state index contributed by atoms with van der Waals surface area (Å²) in [6, 6.07) is 7.64. The van der Waals surface area contributed by atoms with Crippen LogP contribution in [-0.2, 0) is 33.2 Å². The Morgan fingerprint density at radius 1 is 0.979 bits per heavy atom. The number of aliphatic hydroxyl groups is 4. The number of hydrogen-bond donors (Lipinski definition) is 4. The summed E-state index contributed by atoms with van der Waals surface area (Å²) in [7, 11) is 5.94. The highest BCUT2D eigenvalue weighted by Gasteiger charge is 2.96. The van der Waals surface area contributed by atoms with Gasteiger partial charge < -0.3 is 48.8 Å². The Balaban J connectivity index is 1.57. The lowest BCUT2D eigenvalue weighted by molar-refractivity contribution is -0.355. The number of benzene rings is 1. The van der Waals surface area contributed by atoms with Crippen molar-refractivity contribution < 1.29 is 58.4 Å². The number of fused-ring (bicyclic) bond motifs is 2. The summed E-state index contributed by atoms with van der Waals surface area (Å²) in [4.78, 5) is 29.2. The normalized spacial score (nSPS) is 50.7. The maximum atomic E-state index is 13.8. The van der Waals surface area contributed by atoms with E-state index in [9.17, 15) is 30.0 Å². The molecule has 1 aromatic carbocycles. The molecule has 6 fully saturated rings. The monoisotopic (exact) mass is 661 g/mol. The van der Waals surface area contributed by atoms with Crippen molar-refractivity contribution in [1.29, 1.82) is 0 Å². The van der Waals surface area contributed by atoms with Gasteiger partial charge in [0.25, 0.3) is 0 Å². The van der Waals surface area contributed by atoms with Crippen molar-refractivity contribution in [3.63, 3.8) is 0 Å². The quantitative estimate of drug-likeness (QED) is 0.256. The summed E-state index contributed by atoms with van der Waals surface area (Å²) in [6.45, 7) is 4.15. The van der Waals surface area contributed by atoms with Gasteiger partial charge in [0.05, 0.1) is 42.0 Å². The van der Waals surface area contributed by atoms with Gasteiger partial charge in [0, 0.05) is 83.5 Å². The SMILES string of the molecule is CCN1C[C@]2(COC)[C@H](O)CC(OC)C34C1C(C(OC)[C@@H]32)[C@]1(OC(C)=O)[C@H]2[C@@H](OC(=O)c3ccccc3)[C@](O)(C[C@]24O)[C@@H](OC)[C@@H]1O. The van der Waals surface area contributed by atoms with E-state index in [0.29, 0.717) is 13.1 Å². The van der Waals surface area contributed by atoms with Crippen molar-refractivity contribution in [3.05, 3.63) is 35.9 Å². The summed E-state index contributed by atoms with van der Waals surface area (Å²) in [6.07, 6.45) is -7.38. The molecule has 7 rings (SSSR count). The number of piperidine rings is 1. The predicted octanol–water partition coefficient (Wildman–Crippen LogP) is -0.237. The third kappa shape index (κ3) is 3.65. The molecular weight excluding hydrogens is 614 g/mol. The summed E-state index contributed by atoms with van der Waals surface area (Å²) in [5, 5.41) is 51.1. The van der Waals surface area contributed by atoms with Gasteiger partial charge in [0.2, 0.25) is 0 Å². The molecule has 47 heavy (non-hydrogen) atoms. The molecule has 15 atom stereocenters. The van der Waals surface area contributed by atoms with Gasteiger partial charge in [-0.3, -0.25) is 9.69 Å². The minimum absolute atomic E-state index is 0.119. The highest BCUT2D eigenvalue weighted by atomic mass is 16.6. The van der Waals surface area contributed by atoms with Gasteiger partial charge in [0.1, 0.15) is 23.9 Å². The van der Waals surface area contributed by atoms with Crippen LogP contribution in [0.5, 0.6) is 0 Å². The Hall–Kier alpha value is -2.20. The van der Waals surface area contributed by atoms with Crippen molar-refractivity contribution in [3.8, 4) is 0 Å². The molecule has 4 N–H and O–H groups in total. The second kappa shape index (κ2) is 10.9. The summed E-state index contributed by atoms with van der Waals surface area (Å²) < 4.78 is 36.9. The fraction of sp³-hybridized carbons (Fsp3) is 0.765. The number of rotatable bonds is 9. The lowest BCUT2D eigenvalue weighted by atomic mass is 9.40. The third-order valence-corrected chi connectivity index (χ3v) is 13.2. The van der Waals surface area contributed by atoms with Crippen LogP contribution in [0.15, 0.2) is 30.3 Å². The van der Waals surface area contributed by atoms with Crippen LogP contribution in [0.2, 0.25) is 0 Å². The topological polar surface area (TPSA) is 174 Å². The molecule has 0 aromatic heterocycles. The van der Waals surface area contributed by atoms with E-state index in [2.05, 4.69) is 4.90 Å². The second-order valence-electron chi connectivity index (χ2n) is 14.6. The first-order chi connectivity index (χ1) is 22.3. The second-order valence-corrected chi connectivity index (χ2v) is 14.6. The maximum absolute atomic E-state index is 13.8. The van der Waals surface area contributed by atoms with Crippen LogP contribution in [0.25, 0.3) is 0 Å². The average Bonchev–Trinajstić information content (AvgIpc) is 3.39. The molecule has 5 aliphatic carbocycles. The van der Waals surface area contributed by atoms with Crippen molar-refractivity contribution in [2.45, 2.75) is 86.2 Å². The van der Waals surface area contributed by atoms with E-state index in [-0.39, 0.29) is 18.6 Å². The number of carbonyl (C=O) groups excluding carboxylic acids is 2. The smallest absolute Gasteiger partial charge is 0.338 e. The van der Waals surface area contributed by atoms with Crippen LogP contribution >= 0.6 is 0 Å². The number of methoxy groups -OCH3 is 4. The molecule has 0 radical (unpaired) electrons. The Bertz CT molecular complexity index is 1410. The zero-order valence-electron chi connectivity index (χ0n) is 27.7. The third-order valence-electron chi connectivity index (χ3n) is 13.2. The van der Waals surface area contributed by atoms with Crippen molar-refractivity contribution in [1.82, 2.24) is 4.90 Å². The zero-order chi connectivity index (χ0) is 33.9. The first-order valence-electron chi connectivity index (χ1n) is 16.4. The molecule has 5 unspecified atom stereocenters. The number of likely N-dealkylation sites (tertiary alicyclic amines) is 1. The number of ether oxygens (including phenoxy) is 6. The van der Waals surface area contributed by atoms with E-state index in [1.165, 1.54) is 28.3 Å². The van der Waals surface area contributed by atoms with Gasteiger partial charge in [-0.1, -0.05) is 25.1 Å². The number of nitrogens with zero attached hydrogens (tertiary/aromatic N) is 1. The Morgan fingerprint density at radius 2 is 1.68 bits per heavy atom. The largest absolute Gasteiger partial charge is 0.455 e. The van der Waals surface area contributed by atoms with Crippen molar-refractivity contribution in [2.75, 3.05) is 48.1 Å². The Labute approximate surface area is 274 Å². The van der Waals surface area contributed by atoms with Gasteiger partial charge in [-0.15, -0.1) is 0 Å². The summed E-state index contributed by atoms with van der Waals surface area (Å²) in [5.41, 5.74) is -8.15. The standard InChI is InChI=1S/C34H47NO12/c1-7-35-15-30(16-42-3)19(37)13-20(43-4)33-23(30)22(44-5)21(25(33)35)34(47-17(2)36)24-27(46-29(39)18-11-9-8-10-12-18)31(40,14-32(24,33)41)28(45-6)26(34)38/h8-12,19-28,37-38,40-41H,7,13-16H2,1-6H3/t19-,20?,21?,22?,23-,24+,25?,26+,27-,28+,30+,31-,32+,33?,34+/m1/s1. The van der Waals surface area contributed by atoms with Crippen molar-refractivity contribution in [2.24, 2.45) is 28.6 Å². The van der Waals surface area contributed by atoms with E-state index in [0.717, 1.165) is 0 Å². The van der Waals surface area contributed by atoms with E-state index in [1.807, 2.05) is 6.92 Å². The lowest BCUT2D eigenvalue weighted by Crippen LogP contribution is -2.85. The molecule has 7 bridgehead atoms.